The van der Waals surface area contributed by atoms with Gasteiger partial charge in [0.05, 0.1) is 6.61 Å². The average Bonchev–Trinajstić information content (AvgIpc) is 2.61. The van der Waals surface area contributed by atoms with Gasteiger partial charge in [-0.25, -0.2) is 4.79 Å². The van der Waals surface area contributed by atoms with Crippen molar-refractivity contribution in [3.63, 3.8) is 0 Å². The zero-order valence-electron chi connectivity index (χ0n) is 14.5. The molecule has 1 saturated heterocycles. The minimum absolute atomic E-state index is 0.00985. The molecule has 138 valence electrons. The van der Waals surface area contributed by atoms with Crippen LogP contribution < -0.4 is 10.5 Å². The van der Waals surface area contributed by atoms with Crippen LogP contribution >= 0.6 is 11.6 Å². The van der Waals surface area contributed by atoms with E-state index in [4.69, 9.17) is 26.8 Å². The van der Waals surface area contributed by atoms with Gasteiger partial charge in [0, 0.05) is 30.1 Å². The first-order chi connectivity index (χ1) is 12.1. The highest BCUT2D eigenvalue weighted by atomic mass is 35.5. The van der Waals surface area contributed by atoms with Gasteiger partial charge in [0.25, 0.3) is 0 Å². The van der Waals surface area contributed by atoms with Crippen LogP contribution in [0.15, 0.2) is 24.3 Å². The van der Waals surface area contributed by atoms with Crippen molar-refractivity contribution in [3.05, 3.63) is 29.3 Å². The van der Waals surface area contributed by atoms with Gasteiger partial charge in [-0.3, -0.25) is 4.90 Å². The van der Waals surface area contributed by atoms with Crippen LogP contribution in [0.3, 0.4) is 0 Å². The summed E-state index contributed by atoms with van der Waals surface area (Å²) in [7, 11) is 0. The molecule has 5 nitrogen and oxygen atoms in total. The summed E-state index contributed by atoms with van der Waals surface area (Å²) in [6, 6.07) is 7.97. The molecule has 0 radical (unpaired) electrons. The fraction of sp³-hybridized carbons (Fsp3) is 0.632. The smallest absolute Gasteiger partial charge is 0.404 e. The molecule has 1 aliphatic carbocycles. The van der Waals surface area contributed by atoms with E-state index in [-0.39, 0.29) is 6.10 Å². The number of nitrogens with two attached hydrogens (primary N) is 1. The van der Waals surface area contributed by atoms with E-state index in [0.29, 0.717) is 18.6 Å². The number of carbonyl (C=O) groups excluding carboxylic acids is 1. The van der Waals surface area contributed by atoms with E-state index in [1.807, 2.05) is 24.3 Å². The Balaban J connectivity index is 1.47. The molecule has 3 rings (SSSR count). The van der Waals surface area contributed by atoms with Crippen molar-refractivity contribution >= 4 is 17.7 Å². The number of primary amides is 1. The number of fused-ring (bicyclic) bond motifs is 1. The largest absolute Gasteiger partial charge is 0.494 e. The topological polar surface area (TPSA) is 64.8 Å². The Morgan fingerprint density at radius 1 is 1.20 bits per heavy atom. The molecule has 1 heterocycles. The third-order valence-electron chi connectivity index (χ3n) is 5.37. The number of amides is 1. The van der Waals surface area contributed by atoms with Crippen LogP contribution in [0.4, 0.5) is 4.79 Å². The normalized spacial score (nSPS) is 26.7. The monoisotopic (exact) mass is 366 g/mol. The van der Waals surface area contributed by atoms with Crippen molar-refractivity contribution in [2.24, 2.45) is 11.7 Å². The molecule has 2 fully saturated rings. The number of benzene rings is 1. The van der Waals surface area contributed by atoms with E-state index in [1.54, 1.807) is 0 Å². The number of likely N-dealkylation sites (tertiary alicyclic amines) is 1. The molecule has 6 heteroatoms. The number of piperidine rings is 1. The zero-order chi connectivity index (χ0) is 17.6. The number of rotatable bonds is 6. The summed E-state index contributed by atoms with van der Waals surface area (Å²) < 4.78 is 11.2. The summed E-state index contributed by atoms with van der Waals surface area (Å²) in [6.07, 6.45) is 5.98. The predicted molar refractivity (Wildman–Crippen MR) is 98.0 cm³/mol. The molecule has 1 amide bonds. The summed E-state index contributed by atoms with van der Waals surface area (Å²) in [4.78, 5) is 13.7. The highest BCUT2D eigenvalue weighted by molar-refractivity contribution is 6.30. The van der Waals surface area contributed by atoms with Crippen molar-refractivity contribution in [2.75, 3.05) is 19.7 Å². The molecule has 3 atom stereocenters. The van der Waals surface area contributed by atoms with Crippen molar-refractivity contribution in [3.8, 4) is 5.75 Å². The number of hydrogen-bond acceptors (Lipinski definition) is 4. The zero-order valence-corrected chi connectivity index (χ0v) is 15.3. The Hall–Kier alpha value is -1.46. The van der Waals surface area contributed by atoms with Gasteiger partial charge in [-0.2, -0.15) is 0 Å². The van der Waals surface area contributed by atoms with Crippen LogP contribution in [-0.4, -0.2) is 42.8 Å². The van der Waals surface area contributed by atoms with Crippen molar-refractivity contribution in [1.82, 2.24) is 4.90 Å². The average molecular weight is 367 g/mol. The maximum atomic E-state index is 11.2. The Bertz CT molecular complexity index is 566. The molecule has 0 aromatic heterocycles. The van der Waals surface area contributed by atoms with Gasteiger partial charge < -0.3 is 15.2 Å². The molecular weight excluding hydrogens is 340 g/mol. The summed E-state index contributed by atoms with van der Waals surface area (Å²) in [5, 5.41) is 0.719. The van der Waals surface area contributed by atoms with Gasteiger partial charge in [-0.15, -0.1) is 0 Å². The van der Waals surface area contributed by atoms with Gasteiger partial charge in [-0.1, -0.05) is 24.4 Å². The van der Waals surface area contributed by atoms with Crippen molar-refractivity contribution in [2.45, 2.75) is 50.7 Å². The van der Waals surface area contributed by atoms with Gasteiger partial charge in [0.1, 0.15) is 11.9 Å². The van der Waals surface area contributed by atoms with E-state index >= 15 is 0 Å². The molecule has 0 spiro atoms. The fourth-order valence-electron chi connectivity index (χ4n) is 4.26. The van der Waals surface area contributed by atoms with Crippen LogP contribution in [0.5, 0.6) is 5.75 Å². The first-order valence-electron chi connectivity index (χ1n) is 9.22. The second-order valence-corrected chi connectivity index (χ2v) is 7.41. The summed E-state index contributed by atoms with van der Waals surface area (Å²) in [5.41, 5.74) is 5.24. The lowest BCUT2D eigenvalue weighted by molar-refractivity contribution is -0.0423. The Morgan fingerprint density at radius 3 is 2.72 bits per heavy atom. The minimum Gasteiger partial charge on any atom is -0.494 e. The molecule has 2 N–H and O–H groups in total. The second kappa shape index (κ2) is 8.77. The van der Waals surface area contributed by atoms with Crippen LogP contribution in [0, 0.1) is 5.92 Å². The lowest BCUT2D eigenvalue weighted by atomic mass is 9.76. The first-order valence-corrected chi connectivity index (χ1v) is 9.60. The number of halogens is 1. The van der Waals surface area contributed by atoms with E-state index in [2.05, 4.69) is 4.90 Å². The second-order valence-electron chi connectivity index (χ2n) is 6.97. The Kier molecular flexibility index (Phi) is 6.43. The number of ether oxygens (including phenoxy) is 2. The SMILES string of the molecule is NC(=O)OC1CCN(CCCOc2ccc(Cl)cc2)C2CCCCC12. The maximum Gasteiger partial charge on any atom is 0.404 e. The van der Waals surface area contributed by atoms with Gasteiger partial charge in [-0.05, 0) is 49.9 Å². The van der Waals surface area contributed by atoms with Crippen LogP contribution in [0.25, 0.3) is 0 Å². The summed E-state index contributed by atoms with van der Waals surface area (Å²) in [6.45, 7) is 2.66. The molecule has 25 heavy (non-hydrogen) atoms. The highest BCUT2D eigenvalue weighted by Crippen LogP contribution is 2.37. The highest BCUT2D eigenvalue weighted by Gasteiger charge is 2.40. The summed E-state index contributed by atoms with van der Waals surface area (Å²) >= 11 is 5.88. The van der Waals surface area contributed by atoms with Gasteiger partial charge >= 0.3 is 6.09 Å². The quantitative estimate of drug-likeness (QED) is 0.777. The van der Waals surface area contributed by atoms with E-state index < -0.39 is 6.09 Å². The lowest BCUT2D eigenvalue weighted by Crippen LogP contribution is -2.54. The summed E-state index contributed by atoms with van der Waals surface area (Å²) in [5.74, 6) is 1.28. The van der Waals surface area contributed by atoms with E-state index in [0.717, 1.165) is 43.1 Å². The molecule has 2 aliphatic rings. The Labute approximate surface area is 154 Å². The third kappa shape index (κ3) is 5.02. The van der Waals surface area contributed by atoms with Crippen molar-refractivity contribution < 1.29 is 14.3 Å². The molecule has 0 bridgehead atoms. The molecule has 1 aromatic rings. The Morgan fingerprint density at radius 2 is 1.96 bits per heavy atom. The van der Waals surface area contributed by atoms with Crippen molar-refractivity contribution in [1.29, 1.82) is 0 Å². The van der Waals surface area contributed by atoms with E-state index in [1.165, 1.54) is 19.3 Å². The molecule has 1 aromatic carbocycles. The van der Waals surface area contributed by atoms with Gasteiger partial charge in [0.2, 0.25) is 0 Å². The minimum atomic E-state index is -0.640. The lowest BCUT2D eigenvalue weighted by Gasteiger charge is -2.47. The third-order valence-corrected chi connectivity index (χ3v) is 5.62. The van der Waals surface area contributed by atoms with E-state index in [9.17, 15) is 4.79 Å². The maximum absolute atomic E-state index is 11.2. The molecule has 1 saturated carbocycles. The molecular formula is C19H27ClN2O3. The molecule has 1 aliphatic heterocycles. The number of carbonyl (C=O) groups is 1. The van der Waals surface area contributed by atoms with Crippen LogP contribution in [0.2, 0.25) is 5.02 Å². The standard InChI is InChI=1S/C19H27ClN2O3/c20-14-6-8-15(9-7-14)24-13-3-11-22-12-10-18(25-19(21)23)16-4-1-2-5-17(16)22/h6-9,16-18H,1-5,10-13H2,(H2,21,23). The van der Waals surface area contributed by atoms with Gasteiger partial charge in [0.15, 0.2) is 0 Å². The number of hydrogen-bond donors (Lipinski definition) is 1. The predicted octanol–water partition coefficient (Wildman–Crippen LogP) is 3.84. The van der Waals surface area contributed by atoms with Crippen LogP contribution in [-0.2, 0) is 4.74 Å². The fourth-order valence-corrected chi connectivity index (χ4v) is 4.39. The molecule has 3 unspecified atom stereocenters. The van der Waals surface area contributed by atoms with Crippen LogP contribution in [0.1, 0.15) is 38.5 Å². The first kappa shape index (κ1) is 18.3. The number of nitrogens with zero attached hydrogens (tertiary/aromatic N) is 1.